The molecular weight excluding hydrogens is 372 g/mol. The average molecular weight is 403 g/mol. The van der Waals surface area contributed by atoms with Crippen molar-refractivity contribution < 1.29 is 23.7 Å². The molecule has 2 unspecified atom stereocenters. The van der Waals surface area contributed by atoms with E-state index < -0.39 is 11.0 Å². The van der Waals surface area contributed by atoms with Crippen molar-refractivity contribution in [3.8, 4) is 11.5 Å². The van der Waals surface area contributed by atoms with E-state index in [2.05, 4.69) is 5.32 Å². The highest BCUT2D eigenvalue weighted by molar-refractivity contribution is 6.00. The van der Waals surface area contributed by atoms with Gasteiger partial charge in [-0.05, 0) is 19.1 Å². The van der Waals surface area contributed by atoms with Crippen molar-refractivity contribution in [1.82, 2.24) is 0 Å². The number of hydrogen-bond donors (Lipinski definition) is 2. The van der Waals surface area contributed by atoms with E-state index in [1.54, 1.807) is 32.4 Å². The van der Waals surface area contributed by atoms with Crippen LogP contribution in [0, 0.1) is 5.41 Å². The Morgan fingerprint density at radius 2 is 1.96 bits per heavy atom. The van der Waals surface area contributed by atoms with E-state index in [0.717, 1.165) is 0 Å². The first-order chi connectivity index (χ1) is 12.3. The molecule has 1 aromatic rings. The fourth-order valence-corrected chi connectivity index (χ4v) is 3.17. The molecule has 1 amide bonds. The molecule has 2 rings (SSSR count). The first-order valence-corrected chi connectivity index (χ1v) is 8.81. The van der Waals surface area contributed by atoms with Crippen molar-refractivity contribution >= 4 is 24.0 Å². The minimum Gasteiger partial charge on any atom is -0.493 e. The van der Waals surface area contributed by atoms with Crippen molar-refractivity contribution in [2.45, 2.75) is 38.8 Å². The van der Waals surface area contributed by atoms with Crippen LogP contribution in [0.2, 0.25) is 0 Å². The number of hydrogen-bond acceptors (Lipinski definition) is 6. The second-order valence-electron chi connectivity index (χ2n) is 7.00. The number of nitrogens with one attached hydrogen (secondary N) is 1. The Morgan fingerprint density at radius 3 is 2.52 bits per heavy atom. The monoisotopic (exact) mass is 402 g/mol. The maximum Gasteiger partial charge on any atom is 0.245 e. The zero-order valence-corrected chi connectivity index (χ0v) is 17.5. The zero-order valence-electron chi connectivity index (χ0n) is 16.7. The number of amides is 1. The van der Waals surface area contributed by atoms with Crippen LogP contribution < -0.4 is 20.5 Å². The van der Waals surface area contributed by atoms with Gasteiger partial charge < -0.3 is 30.0 Å². The first kappa shape index (κ1) is 23.5. The lowest BCUT2D eigenvalue weighted by Crippen LogP contribution is -2.74. The maximum atomic E-state index is 12.8. The summed E-state index contributed by atoms with van der Waals surface area (Å²) in [4.78, 5) is 12.8. The summed E-state index contributed by atoms with van der Waals surface area (Å²) in [5.74, 6) is 0.891. The van der Waals surface area contributed by atoms with Crippen LogP contribution in [0.3, 0.4) is 0 Å². The lowest BCUT2D eigenvalue weighted by Gasteiger charge is -2.57. The van der Waals surface area contributed by atoms with E-state index in [0.29, 0.717) is 43.4 Å². The summed E-state index contributed by atoms with van der Waals surface area (Å²) in [7, 11) is 3.17. The first-order valence-electron chi connectivity index (χ1n) is 8.81. The molecule has 1 aliphatic carbocycles. The summed E-state index contributed by atoms with van der Waals surface area (Å²) >= 11 is 0. The molecule has 0 radical (unpaired) electrons. The number of nitrogens with two attached hydrogens (primary N) is 1. The summed E-state index contributed by atoms with van der Waals surface area (Å²) in [6.07, 6.45) is 0.472. The van der Waals surface area contributed by atoms with E-state index in [9.17, 15) is 4.79 Å². The molecule has 0 saturated heterocycles. The van der Waals surface area contributed by atoms with Crippen molar-refractivity contribution in [1.29, 1.82) is 0 Å². The number of ether oxygens (including phenoxy) is 4. The quantitative estimate of drug-likeness (QED) is 0.617. The van der Waals surface area contributed by atoms with Gasteiger partial charge in [-0.3, -0.25) is 4.79 Å². The Kier molecular flexibility index (Phi) is 8.35. The van der Waals surface area contributed by atoms with Gasteiger partial charge in [0.15, 0.2) is 11.5 Å². The SMILES string of the molecule is CCOC1CC(N)(C(=O)Nc2ccc(OC)c(OCCOC)c2)C1(C)C.Cl. The normalized spacial score (nSPS) is 23.0. The van der Waals surface area contributed by atoms with Crippen molar-refractivity contribution in [3.05, 3.63) is 18.2 Å². The van der Waals surface area contributed by atoms with Crippen LogP contribution in [0.25, 0.3) is 0 Å². The highest BCUT2D eigenvalue weighted by Crippen LogP contribution is 2.50. The number of benzene rings is 1. The summed E-state index contributed by atoms with van der Waals surface area (Å²) < 4.78 is 21.6. The van der Waals surface area contributed by atoms with Crippen LogP contribution in [0.15, 0.2) is 18.2 Å². The number of methoxy groups -OCH3 is 2. The average Bonchev–Trinajstić information content (AvgIpc) is 2.61. The van der Waals surface area contributed by atoms with Gasteiger partial charge in [-0.25, -0.2) is 0 Å². The molecule has 1 fully saturated rings. The second-order valence-corrected chi connectivity index (χ2v) is 7.00. The third kappa shape index (κ3) is 4.66. The highest BCUT2D eigenvalue weighted by Gasteiger charge is 2.62. The topological polar surface area (TPSA) is 92.0 Å². The Balaban J connectivity index is 0.00000364. The lowest BCUT2D eigenvalue weighted by molar-refractivity contribution is -0.166. The molecule has 1 saturated carbocycles. The van der Waals surface area contributed by atoms with Gasteiger partial charge in [-0.15, -0.1) is 12.4 Å². The minimum atomic E-state index is -0.982. The van der Waals surface area contributed by atoms with Gasteiger partial charge in [0, 0.05) is 37.3 Å². The van der Waals surface area contributed by atoms with Gasteiger partial charge in [0.25, 0.3) is 0 Å². The fourth-order valence-electron chi connectivity index (χ4n) is 3.17. The molecule has 8 heteroatoms. The highest BCUT2D eigenvalue weighted by atomic mass is 35.5. The molecule has 0 spiro atoms. The van der Waals surface area contributed by atoms with Crippen LogP contribution >= 0.6 is 12.4 Å². The van der Waals surface area contributed by atoms with Crippen LogP contribution in [0.4, 0.5) is 5.69 Å². The van der Waals surface area contributed by atoms with E-state index in [1.807, 2.05) is 20.8 Å². The van der Waals surface area contributed by atoms with Gasteiger partial charge in [0.2, 0.25) is 5.91 Å². The Morgan fingerprint density at radius 1 is 1.26 bits per heavy atom. The summed E-state index contributed by atoms with van der Waals surface area (Å²) in [6, 6.07) is 5.23. The van der Waals surface area contributed by atoms with Gasteiger partial charge in [0.05, 0.1) is 19.8 Å². The molecule has 1 aliphatic rings. The van der Waals surface area contributed by atoms with Crippen LogP contribution in [-0.2, 0) is 14.3 Å². The molecule has 154 valence electrons. The molecule has 27 heavy (non-hydrogen) atoms. The Hall–Kier alpha value is -1.54. The molecule has 0 heterocycles. The molecule has 7 nitrogen and oxygen atoms in total. The summed E-state index contributed by atoms with van der Waals surface area (Å²) in [5, 5.41) is 2.90. The maximum absolute atomic E-state index is 12.8. The van der Waals surface area contributed by atoms with Crippen molar-refractivity contribution in [3.63, 3.8) is 0 Å². The number of carbonyl (C=O) groups is 1. The third-order valence-corrected chi connectivity index (χ3v) is 5.20. The van der Waals surface area contributed by atoms with Crippen molar-refractivity contribution in [2.24, 2.45) is 11.1 Å². The number of anilines is 1. The van der Waals surface area contributed by atoms with Crippen LogP contribution in [-0.4, -0.2) is 51.6 Å². The predicted octanol–water partition coefficient (Wildman–Crippen LogP) is 2.61. The molecule has 1 aromatic carbocycles. The smallest absolute Gasteiger partial charge is 0.245 e. The number of carbonyl (C=O) groups excluding carboxylic acids is 1. The standard InChI is InChI=1S/C19H30N2O5.ClH/c1-6-25-16-12-19(20,18(16,2)3)17(22)21-13-7-8-14(24-5)15(11-13)26-10-9-23-4;/h7-8,11,16H,6,9-10,12,20H2,1-5H3,(H,21,22);1H. The number of halogens is 1. The molecule has 0 bridgehead atoms. The van der Waals surface area contributed by atoms with Gasteiger partial charge >= 0.3 is 0 Å². The third-order valence-electron chi connectivity index (χ3n) is 5.20. The molecule has 0 aromatic heterocycles. The largest absolute Gasteiger partial charge is 0.493 e. The number of rotatable bonds is 9. The fraction of sp³-hybridized carbons (Fsp3) is 0.632. The van der Waals surface area contributed by atoms with E-state index in [-0.39, 0.29) is 24.4 Å². The minimum absolute atomic E-state index is 0. The molecular formula is C19H31ClN2O5. The van der Waals surface area contributed by atoms with Crippen molar-refractivity contribution in [2.75, 3.05) is 39.4 Å². The molecule has 2 atom stereocenters. The molecule has 3 N–H and O–H groups in total. The zero-order chi connectivity index (χ0) is 19.4. The van der Waals surface area contributed by atoms with Crippen LogP contribution in [0.1, 0.15) is 27.2 Å². The van der Waals surface area contributed by atoms with Gasteiger partial charge in [-0.2, -0.15) is 0 Å². The second kappa shape index (κ2) is 9.59. The Bertz CT molecular complexity index is 641. The summed E-state index contributed by atoms with van der Waals surface area (Å²) in [5.41, 5.74) is 5.59. The molecule has 0 aliphatic heterocycles. The predicted molar refractivity (Wildman–Crippen MR) is 107 cm³/mol. The summed E-state index contributed by atoms with van der Waals surface area (Å²) in [6.45, 7) is 7.31. The van der Waals surface area contributed by atoms with E-state index >= 15 is 0 Å². The lowest BCUT2D eigenvalue weighted by atomic mass is 9.54. The Labute approximate surface area is 167 Å². The van der Waals surface area contributed by atoms with Gasteiger partial charge in [-0.1, -0.05) is 13.8 Å². The van der Waals surface area contributed by atoms with Gasteiger partial charge in [0.1, 0.15) is 12.1 Å². The van der Waals surface area contributed by atoms with E-state index in [1.165, 1.54) is 0 Å². The van der Waals surface area contributed by atoms with E-state index in [4.69, 9.17) is 24.7 Å². The van der Waals surface area contributed by atoms with Crippen LogP contribution in [0.5, 0.6) is 11.5 Å².